The molecule has 0 unspecified atom stereocenters. The van der Waals surface area contributed by atoms with Crippen molar-refractivity contribution < 1.29 is 38.2 Å². The molecule has 1 amide bonds. The van der Waals surface area contributed by atoms with E-state index in [1.165, 1.54) is 32.9 Å². The lowest BCUT2D eigenvalue weighted by atomic mass is 9.84. The van der Waals surface area contributed by atoms with Gasteiger partial charge in [-0.15, -0.1) is 0 Å². The molecule has 2 aromatic rings. The number of aliphatic hydroxyl groups is 1. The highest BCUT2D eigenvalue weighted by atomic mass is 35.5. The number of fused-ring (bicyclic) bond motifs is 1. The summed E-state index contributed by atoms with van der Waals surface area (Å²) in [5.41, 5.74) is -1.91. The average Bonchev–Trinajstić information content (AvgIpc) is 2.65. The molecule has 0 bridgehead atoms. The number of aliphatic hydroxyl groups excluding tert-OH is 1. The maximum Gasteiger partial charge on any atom is 0.358 e. The largest absolute Gasteiger partial charge is 0.485 e. The molecule has 4 N–H and O–H groups in total. The first-order valence-corrected chi connectivity index (χ1v) is 11.1. The van der Waals surface area contributed by atoms with Gasteiger partial charge < -0.3 is 24.9 Å². The number of rotatable bonds is 4. The van der Waals surface area contributed by atoms with E-state index >= 15 is 0 Å². The van der Waals surface area contributed by atoms with E-state index in [1.54, 1.807) is 0 Å². The van der Waals surface area contributed by atoms with Crippen LogP contribution in [0.3, 0.4) is 0 Å². The van der Waals surface area contributed by atoms with E-state index in [4.69, 9.17) is 16.3 Å². The molecule has 8 nitrogen and oxygen atoms in total. The number of carbonyl (C=O) groups excluding carboxylic acids is 2. The summed E-state index contributed by atoms with van der Waals surface area (Å²) in [4.78, 5) is 45.6. The fourth-order valence-electron chi connectivity index (χ4n) is 3.53. The van der Waals surface area contributed by atoms with Crippen LogP contribution in [0.5, 0.6) is 5.75 Å². The van der Waals surface area contributed by atoms with Crippen LogP contribution in [-0.2, 0) is 9.85 Å². The topological polar surface area (TPSA) is 133 Å². The highest BCUT2D eigenvalue weighted by Crippen LogP contribution is 2.63. The first kappa shape index (κ1) is 23.4. The number of hydrogen-bond donors (Lipinski definition) is 4. The minimum atomic E-state index is -5.37. The summed E-state index contributed by atoms with van der Waals surface area (Å²) in [6.07, 6.45) is -1.93. The molecular weight excluding hydrogens is 452 g/mol. The number of ketones is 1. The number of halogens is 2. The van der Waals surface area contributed by atoms with E-state index in [9.17, 15) is 33.4 Å². The Bertz CT molecular complexity index is 1130. The van der Waals surface area contributed by atoms with Crippen molar-refractivity contribution in [2.45, 2.75) is 37.8 Å². The molecule has 1 aliphatic heterocycles. The Kier molecular flexibility index (Phi) is 5.80. The molecule has 11 heteroatoms. The zero-order chi connectivity index (χ0) is 23.4. The van der Waals surface area contributed by atoms with Crippen molar-refractivity contribution in [1.29, 1.82) is 0 Å². The summed E-state index contributed by atoms with van der Waals surface area (Å²) < 4.78 is 32.0. The predicted molar refractivity (Wildman–Crippen MR) is 110 cm³/mol. The van der Waals surface area contributed by atoms with Crippen LogP contribution in [0.1, 0.15) is 47.1 Å². The summed E-state index contributed by atoms with van der Waals surface area (Å²) in [5, 5.41) is 10.3. The van der Waals surface area contributed by atoms with E-state index in [2.05, 4.69) is 5.32 Å². The number of carbonyl (C=O) groups is 2. The van der Waals surface area contributed by atoms with Crippen molar-refractivity contribution in [1.82, 2.24) is 5.32 Å². The Morgan fingerprint density at radius 1 is 1.16 bits per heavy atom. The number of benzene rings is 2. The number of Topliss-reactive ketones (excluding diaryl/α,β-unsaturated/α-hetero) is 1. The van der Waals surface area contributed by atoms with Crippen LogP contribution in [0.15, 0.2) is 36.4 Å². The molecule has 2 aromatic carbocycles. The standard InChI is InChI=1S/C20H20ClFNO7P/c1-10(24)11-5-7-16-13(8-11)20(31(27,28)29,18(26)19(2,3)30-16)23-17(25)12-4-6-15(22)14(21)9-12/h4-9,18,26H,1-3H3,(H,23,25)(H2,27,28,29)/t18-,20-/m0/s1. The lowest BCUT2D eigenvalue weighted by molar-refractivity contribution is -0.0801. The smallest absolute Gasteiger partial charge is 0.358 e. The summed E-state index contributed by atoms with van der Waals surface area (Å²) in [6.45, 7) is 4.04. The van der Waals surface area contributed by atoms with Gasteiger partial charge in [0.15, 0.2) is 5.78 Å². The Labute approximate surface area is 182 Å². The second-order valence-electron chi connectivity index (χ2n) is 7.77. The van der Waals surface area contributed by atoms with E-state index in [0.717, 1.165) is 24.3 Å². The first-order chi connectivity index (χ1) is 14.2. The average molecular weight is 472 g/mol. The molecule has 166 valence electrons. The third-order valence-electron chi connectivity index (χ3n) is 5.17. The third kappa shape index (κ3) is 3.88. The minimum Gasteiger partial charge on any atom is -0.485 e. The maximum atomic E-state index is 13.5. The van der Waals surface area contributed by atoms with Crippen LogP contribution in [0.2, 0.25) is 5.02 Å². The first-order valence-electron chi connectivity index (χ1n) is 9.06. The maximum absolute atomic E-state index is 13.5. The van der Waals surface area contributed by atoms with Crippen molar-refractivity contribution in [3.05, 3.63) is 63.9 Å². The normalized spacial score (nSPS) is 22.3. The Hall–Kier alpha value is -2.29. The second-order valence-corrected chi connectivity index (χ2v) is 9.97. The molecule has 0 radical (unpaired) electrons. The van der Waals surface area contributed by atoms with Gasteiger partial charge >= 0.3 is 7.60 Å². The highest BCUT2D eigenvalue weighted by Gasteiger charge is 2.64. The Morgan fingerprint density at radius 3 is 2.32 bits per heavy atom. The van der Waals surface area contributed by atoms with Crippen LogP contribution >= 0.6 is 19.2 Å². The van der Waals surface area contributed by atoms with Crippen LogP contribution in [0, 0.1) is 5.82 Å². The molecule has 3 rings (SSSR count). The number of nitrogens with one attached hydrogen (secondary N) is 1. The summed E-state index contributed by atoms with van der Waals surface area (Å²) >= 11 is 5.72. The van der Waals surface area contributed by atoms with Crippen molar-refractivity contribution in [2.75, 3.05) is 0 Å². The molecule has 0 aromatic heterocycles. The fourth-order valence-corrected chi connectivity index (χ4v) is 5.08. The van der Waals surface area contributed by atoms with Gasteiger partial charge in [0.2, 0.25) is 5.28 Å². The number of ether oxygens (including phenoxy) is 1. The van der Waals surface area contributed by atoms with Gasteiger partial charge in [-0.1, -0.05) is 11.6 Å². The predicted octanol–water partition coefficient (Wildman–Crippen LogP) is 2.97. The molecule has 0 saturated carbocycles. The van der Waals surface area contributed by atoms with Gasteiger partial charge in [-0.05, 0) is 57.2 Å². The second kappa shape index (κ2) is 7.69. The van der Waals surface area contributed by atoms with Crippen LogP contribution in [0.4, 0.5) is 4.39 Å². The van der Waals surface area contributed by atoms with Crippen LogP contribution in [0.25, 0.3) is 0 Å². The molecule has 2 atom stereocenters. The van der Waals surface area contributed by atoms with E-state index in [0.29, 0.717) is 0 Å². The van der Waals surface area contributed by atoms with Crippen molar-refractivity contribution in [3.63, 3.8) is 0 Å². The summed E-state index contributed by atoms with van der Waals surface area (Å²) in [7, 11) is -5.37. The van der Waals surface area contributed by atoms with Gasteiger partial charge in [0.05, 0.1) is 5.02 Å². The SMILES string of the molecule is CC(=O)c1ccc2c(c1)[C@](NC(=O)c1ccc(F)c(Cl)c1)(P(=O)(O)O)[C@@H](O)C(C)(C)O2. The minimum absolute atomic E-state index is 0.0268. The molecule has 31 heavy (non-hydrogen) atoms. The van der Waals surface area contributed by atoms with Crippen LogP contribution in [-0.4, -0.2) is 38.3 Å². The molecule has 0 fully saturated rings. The van der Waals surface area contributed by atoms with Gasteiger partial charge in [-0.25, -0.2) is 4.39 Å². The lowest BCUT2D eigenvalue weighted by Gasteiger charge is -2.49. The molecule has 0 aliphatic carbocycles. The number of hydrogen-bond acceptors (Lipinski definition) is 5. The quantitative estimate of drug-likeness (QED) is 0.398. The van der Waals surface area contributed by atoms with E-state index in [1.807, 2.05) is 0 Å². The summed E-state index contributed by atoms with van der Waals surface area (Å²) in [5.74, 6) is -2.24. The molecular formula is C20H20ClFNO7P. The highest BCUT2D eigenvalue weighted by molar-refractivity contribution is 7.53. The van der Waals surface area contributed by atoms with Crippen molar-refractivity contribution in [2.24, 2.45) is 0 Å². The van der Waals surface area contributed by atoms with Crippen molar-refractivity contribution >= 4 is 30.9 Å². The summed E-state index contributed by atoms with van der Waals surface area (Å²) in [6, 6.07) is 6.89. The van der Waals surface area contributed by atoms with Crippen molar-refractivity contribution in [3.8, 4) is 5.75 Å². The fraction of sp³-hybridized carbons (Fsp3) is 0.300. The van der Waals surface area contributed by atoms with Gasteiger partial charge in [0, 0.05) is 16.7 Å². The van der Waals surface area contributed by atoms with Gasteiger partial charge in [-0.2, -0.15) is 0 Å². The molecule has 1 heterocycles. The van der Waals surface area contributed by atoms with E-state index < -0.39 is 42.1 Å². The van der Waals surface area contributed by atoms with E-state index in [-0.39, 0.29) is 27.5 Å². The van der Waals surface area contributed by atoms with Gasteiger partial charge in [0.1, 0.15) is 23.3 Å². The van der Waals surface area contributed by atoms with Gasteiger partial charge in [-0.3, -0.25) is 14.2 Å². The van der Waals surface area contributed by atoms with Crippen LogP contribution < -0.4 is 10.1 Å². The monoisotopic (exact) mass is 471 g/mol. The van der Waals surface area contributed by atoms with Gasteiger partial charge in [0.25, 0.3) is 5.91 Å². The Balaban J connectivity index is 2.27. The molecule has 0 saturated heterocycles. The number of amides is 1. The lowest BCUT2D eigenvalue weighted by Crippen LogP contribution is -2.64. The molecule has 0 spiro atoms. The zero-order valence-electron chi connectivity index (χ0n) is 16.7. The molecule has 1 aliphatic rings. The zero-order valence-corrected chi connectivity index (χ0v) is 18.4. The third-order valence-corrected chi connectivity index (χ3v) is 6.98. The Morgan fingerprint density at radius 2 is 1.77 bits per heavy atom.